The van der Waals surface area contributed by atoms with E-state index in [9.17, 15) is 4.79 Å². The molecule has 0 aliphatic rings. The molecule has 0 aliphatic heterocycles. The average molecular weight is 306 g/mol. The number of rotatable bonds is 7. The number of aryl methyl sites for hydroxylation is 2. The zero-order chi connectivity index (χ0) is 15.1. The fraction of sp³-hybridized carbons (Fsp3) is 0.357. The van der Waals surface area contributed by atoms with Gasteiger partial charge in [-0.25, -0.2) is 4.98 Å². The maximum Gasteiger partial charge on any atom is 0.257 e. The van der Waals surface area contributed by atoms with Crippen LogP contribution in [0.4, 0.5) is 0 Å². The van der Waals surface area contributed by atoms with Gasteiger partial charge in [-0.2, -0.15) is 5.10 Å². The standard InChI is InChI=1S/C14H18N4O2S/c1-10-3-4-12(7-11(10)2)20-8-13(19)15-5-6-21-14-16-9-17-18-14/h3-4,7,9H,5-6,8H2,1-2H3,(H,15,19)(H,16,17,18). The summed E-state index contributed by atoms with van der Waals surface area (Å²) in [5.41, 5.74) is 2.35. The summed E-state index contributed by atoms with van der Waals surface area (Å²) in [5, 5.41) is 10.0. The molecule has 1 amide bonds. The minimum absolute atomic E-state index is 0.0233. The highest BCUT2D eigenvalue weighted by Crippen LogP contribution is 2.16. The Bertz CT molecular complexity index is 587. The maximum absolute atomic E-state index is 11.6. The topological polar surface area (TPSA) is 79.9 Å². The fourth-order valence-electron chi connectivity index (χ4n) is 1.61. The fourth-order valence-corrected chi connectivity index (χ4v) is 2.24. The molecule has 0 radical (unpaired) electrons. The maximum atomic E-state index is 11.6. The minimum atomic E-state index is -0.133. The number of hydrogen-bond donors (Lipinski definition) is 2. The lowest BCUT2D eigenvalue weighted by molar-refractivity contribution is -0.122. The molecule has 2 rings (SSSR count). The molecule has 6 nitrogen and oxygen atoms in total. The lowest BCUT2D eigenvalue weighted by Crippen LogP contribution is -2.30. The van der Waals surface area contributed by atoms with E-state index in [1.165, 1.54) is 23.7 Å². The van der Waals surface area contributed by atoms with Crippen molar-refractivity contribution in [3.8, 4) is 5.75 Å². The summed E-state index contributed by atoms with van der Waals surface area (Å²) in [6.07, 6.45) is 1.46. The average Bonchev–Trinajstić information content (AvgIpc) is 2.98. The van der Waals surface area contributed by atoms with Crippen LogP contribution < -0.4 is 10.1 Å². The van der Waals surface area contributed by atoms with Crippen molar-refractivity contribution >= 4 is 17.7 Å². The van der Waals surface area contributed by atoms with E-state index >= 15 is 0 Å². The van der Waals surface area contributed by atoms with Crippen molar-refractivity contribution < 1.29 is 9.53 Å². The number of amides is 1. The van der Waals surface area contributed by atoms with Gasteiger partial charge in [-0.1, -0.05) is 17.8 Å². The second-order valence-electron chi connectivity index (χ2n) is 4.52. The summed E-state index contributed by atoms with van der Waals surface area (Å²) in [7, 11) is 0. The largest absolute Gasteiger partial charge is 0.484 e. The minimum Gasteiger partial charge on any atom is -0.484 e. The Morgan fingerprint density at radius 1 is 1.38 bits per heavy atom. The first-order chi connectivity index (χ1) is 10.1. The van der Waals surface area contributed by atoms with Gasteiger partial charge in [0, 0.05) is 12.3 Å². The highest BCUT2D eigenvalue weighted by molar-refractivity contribution is 7.99. The molecule has 0 spiro atoms. The molecule has 0 aliphatic carbocycles. The van der Waals surface area contributed by atoms with Crippen LogP contribution in [0.25, 0.3) is 0 Å². The van der Waals surface area contributed by atoms with Crippen LogP contribution in [-0.4, -0.2) is 40.0 Å². The SMILES string of the molecule is Cc1ccc(OCC(=O)NCCSc2ncn[nH]2)cc1C. The van der Waals surface area contributed by atoms with Crippen LogP contribution in [0.15, 0.2) is 29.7 Å². The number of H-pyrrole nitrogens is 1. The summed E-state index contributed by atoms with van der Waals surface area (Å²) < 4.78 is 5.46. The Hall–Kier alpha value is -2.02. The van der Waals surface area contributed by atoms with E-state index in [4.69, 9.17) is 4.74 Å². The lowest BCUT2D eigenvalue weighted by atomic mass is 10.1. The predicted octanol–water partition coefficient (Wildman–Crippen LogP) is 1.71. The second kappa shape index (κ2) is 7.68. The normalized spacial score (nSPS) is 10.4. The number of nitrogens with zero attached hydrogens (tertiary/aromatic N) is 2. The number of hydrogen-bond acceptors (Lipinski definition) is 5. The lowest BCUT2D eigenvalue weighted by Gasteiger charge is -2.08. The van der Waals surface area contributed by atoms with Crippen LogP contribution in [-0.2, 0) is 4.79 Å². The van der Waals surface area contributed by atoms with E-state index in [2.05, 4.69) is 20.5 Å². The monoisotopic (exact) mass is 306 g/mol. The van der Waals surface area contributed by atoms with Crippen LogP contribution in [0, 0.1) is 13.8 Å². The zero-order valence-electron chi connectivity index (χ0n) is 12.0. The van der Waals surface area contributed by atoms with E-state index < -0.39 is 0 Å². The molecule has 21 heavy (non-hydrogen) atoms. The Morgan fingerprint density at radius 2 is 2.24 bits per heavy atom. The molecule has 0 saturated heterocycles. The summed E-state index contributed by atoms with van der Waals surface area (Å²) in [6.45, 7) is 4.64. The van der Waals surface area contributed by atoms with Gasteiger partial charge in [-0.15, -0.1) is 0 Å². The van der Waals surface area contributed by atoms with Gasteiger partial charge in [0.25, 0.3) is 5.91 Å². The predicted molar refractivity (Wildman–Crippen MR) is 81.5 cm³/mol. The number of benzene rings is 1. The molecule has 1 heterocycles. The molecule has 112 valence electrons. The van der Waals surface area contributed by atoms with Gasteiger partial charge < -0.3 is 10.1 Å². The molecule has 0 unspecified atom stereocenters. The number of ether oxygens (including phenoxy) is 1. The van der Waals surface area contributed by atoms with Gasteiger partial charge in [0.2, 0.25) is 0 Å². The molecule has 2 N–H and O–H groups in total. The molecule has 0 atom stereocenters. The molecule has 0 bridgehead atoms. The number of nitrogens with one attached hydrogen (secondary N) is 2. The summed E-state index contributed by atoms with van der Waals surface area (Å²) >= 11 is 1.50. The van der Waals surface area contributed by atoms with Gasteiger partial charge in [0.15, 0.2) is 11.8 Å². The first-order valence-electron chi connectivity index (χ1n) is 6.60. The molecule has 1 aromatic heterocycles. The summed E-state index contributed by atoms with van der Waals surface area (Å²) in [6, 6.07) is 5.79. The first-order valence-corrected chi connectivity index (χ1v) is 7.58. The van der Waals surface area contributed by atoms with Crippen LogP contribution in [0.3, 0.4) is 0 Å². The van der Waals surface area contributed by atoms with Crippen LogP contribution in [0.2, 0.25) is 0 Å². The van der Waals surface area contributed by atoms with Crippen LogP contribution in [0.5, 0.6) is 5.75 Å². The van der Waals surface area contributed by atoms with Crippen molar-refractivity contribution in [2.24, 2.45) is 0 Å². The number of thioether (sulfide) groups is 1. The molecule has 7 heteroatoms. The van der Waals surface area contributed by atoms with Gasteiger partial charge in [0.1, 0.15) is 12.1 Å². The number of aromatic nitrogens is 3. The number of carbonyl (C=O) groups excluding carboxylic acids is 1. The van der Waals surface area contributed by atoms with E-state index in [0.29, 0.717) is 12.3 Å². The first kappa shape index (κ1) is 15.4. The quantitative estimate of drug-likeness (QED) is 0.601. The molecule has 1 aromatic carbocycles. The Labute approximate surface area is 127 Å². The molecule has 0 fully saturated rings. The Morgan fingerprint density at radius 3 is 2.95 bits per heavy atom. The number of carbonyl (C=O) groups is 1. The zero-order valence-corrected chi connectivity index (χ0v) is 12.9. The van der Waals surface area contributed by atoms with E-state index in [0.717, 1.165) is 16.5 Å². The van der Waals surface area contributed by atoms with E-state index in [1.54, 1.807) is 0 Å². The molecule has 2 aromatic rings. The molecular weight excluding hydrogens is 288 g/mol. The van der Waals surface area contributed by atoms with Crippen LogP contribution in [0.1, 0.15) is 11.1 Å². The van der Waals surface area contributed by atoms with Crippen molar-refractivity contribution in [3.05, 3.63) is 35.7 Å². The summed E-state index contributed by atoms with van der Waals surface area (Å²) in [5.74, 6) is 1.31. The third-order valence-electron chi connectivity index (χ3n) is 2.90. The molecular formula is C14H18N4O2S. The third-order valence-corrected chi connectivity index (χ3v) is 3.78. The van der Waals surface area contributed by atoms with Gasteiger partial charge >= 0.3 is 0 Å². The van der Waals surface area contributed by atoms with Crippen molar-refractivity contribution in [1.82, 2.24) is 20.5 Å². The highest BCUT2D eigenvalue weighted by atomic mass is 32.2. The Balaban J connectivity index is 1.64. The van der Waals surface area contributed by atoms with Crippen molar-refractivity contribution in [2.75, 3.05) is 18.9 Å². The van der Waals surface area contributed by atoms with Crippen molar-refractivity contribution in [2.45, 2.75) is 19.0 Å². The Kier molecular flexibility index (Phi) is 5.62. The number of aromatic amines is 1. The summed E-state index contributed by atoms with van der Waals surface area (Å²) in [4.78, 5) is 15.6. The molecule has 0 saturated carbocycles. The van der Waals surface area contributed by atoms with Gasteiger partial charge in [-0.3, -0.25) is 9.89 Å². The van der Waals surface area contributed by atoms with E-state index in [1.807, 2.05) is 32.0 Å². The van der Waals surface area contributed by atoms with Gasteiger partial charge in [-0.05, 0) is 37.1 Å². The smallest absolute Gasteiger partial charge is 0.257 e. The van der Waals surface area contributed by atoms with E-state index in [-0.39, 0.29) is 12.5 Å². The van der Waals surface area contributed by atoms with Crippen LogP contribution >= 0.6 is 11.8 Å². The second-order valence-corrected chi connectivity index (χ2v) is 5.61. The van der Waals surface area contributed by atoms with Crippen molar-refractivity contribution in [3.63, 3.8) is 0 Å². The third kappa shape index (κ3) is 5.11. The van der Waals surface area contributed by atoms with Gasteiger partial charge in [0.05, 0.1) is 0 Å². The highest BCUT2D eigenvalue weighted by Gasteiger charge is 2.04. The van der Waals surface area contributed by atoms with Crippen molar-refractivity contribution in [1.29, 1.82) is 0 Å².